The summed E-state index contributed by atoms with van der Waals surface area (Å²) in [5.74, 6) is 0.242. The van der Waals surface area contributed by atoms with Crippen LogP contribution in [0.4, 0.5) is 5.82 Å². The Hall–Kier alpha value is -2.68. The van der Waals surface area contributed by atoms with Gasteiger partial charge in [-0.1, -0.05) is 41.4 Å². The first-order valence-electron chi connectivity index (χ1n) is 10.9. The minimum Gasteiger partial charge on any atom is -0.311 e. The number of hydrogen-bond donors (Lipinski definition) is 1. The molecule has 0 radical (unpaired) electrons. The second kappa shape index (κ2) is 9.67. The Kier molecular flexibility index (Phi) is 6.88. The first-order chi connectivity index (χ1) is 15.7. The van der Waals surface area contributed by atoms with E-state index < -0.39 is 10.0 Å². The summed E-state index contributed by atoms with van der Waals surface area (Å²) in [6.07, 6.45) is 2.59. The molecule has 3 aromatic rings. The largest absolute Gasteiger partial charge is 0.311 e. The summed E-state index contributed by atoms with van der Waals surface area (Å²) in [5.41, 5.74) is 2.78. The predicted molar refractivity (Wildman–Crippen MR) is 129 cm³/mol. The van der Waals surface area contributed by atoms with E-state index in [4.69, 9.17) is 11.6 Å². The molecule has 1 aliphatic rings. The maximum absolute atomic E-state index is 13.1. The highest BCUT2D eigenvalue weighted by atomic mass is 35.5. The molecule has 1 N–H and O–H groups in total. The third-order valence-electron chi connectivity index (χ3n) is 5.99. The lowest BCUT2D eigenvalue weighted by molar-refractivity contribution is -0.121. The van der Waals surface area contributed by atoms with Crippen LogP contribution >= 0.6 is 11.6 Å². The summed E-state index contributed by atoms with van der Waals surface area (Å²) >= 11 is 5.95. The van der Waals surface area contributed by atoms with E-state index in [2.05, 4.69) is 10.4 Å². The Labute approximate surface area is 199 Å². The molecule has 0 atom stereocenters. The lowest BCUT2D eigenvalue weighted by atomic mass is 9.97. The molecule has 1 fully saturated rings. The number of halogens is 1. The van der Waals surface area contributed by atoms with E-state index in [0.717, 1.165) is 16.7 Å². The van der Waals surface area contributed by atoms with Gasteiger partial charge in [-0.05, 0) is 56.0 Å². The molecule has 0 aliphatic carbocycles. The third-order valence-corrected chi connectivity index (χ3v) is 8.30. The molecule has 2 heterocycles. The molecule has 0 bridgehead atoms. The Morgan fingerprint density at radius 2 is 1.79 bits per heavy atom. The van der Waals surface area contributed by atoms with Gasteiger partial charge in [-0.3, -0.25) is 4.79 Å². The molecule has 2 aromatic carbocycles. The average Bonchev–Trinajstić information content (AvgIpc) is 3.21. The zero-order valence-corrected chi connectivity index (χ0v) is 20.2. The number of aromatic nitrogens is 2. The topological polar surface area (TPSA) is 84.3 Å². The van der Waals surface area contributed by atoms with Gasteiger partial charge in [0.25, 0.3) is 0 Å². The zero-order valence-electron chi connectivity index (χ0n) is 18.7. The van der Waals surface area contributed by atoms with Gasteiger partial charge in [0, 0.05) is 30.1 Å². The van der Waals surface area contributed by atoms with Gasteiger partial charge in [-0.15, -0.1) is 0 Å². The van der Waals surface area contributed by atoms with Gasteiger partial charge in [-0.25, -0.2) is 13.1 Å². The number of carbonyl (C=O) groups excluding carboxylic acids is 1. The van der Waals surface area contributed by atoms with Gasteiger partial charge in [-0.2, -0.15) is 9.40 Å². The van der Waals surface area contributed by atoms with E-state index >= 15 is 0 Å². The standard InChI is InChI=1S/C24H27ClN4O3S/c1-17-3-8-22(18(2)15-17)33(31,32)28-13-10-20(11-14-28)24(30)27-23-9-12-26-29(23)16-19-4-6-21(25)7-5-19/h3-9,12,15,20H,10-11,13-14,16H2,1-2H3,(H,27,30). The van der Waals surface area contributed by atoms with E-state index in [9.17, 15) is 13.2 Å². The molecule has 1 saturated heterocycles. The Balaban J connectivity index is 1.37. The van der Waals surface area contributed by atoms with Gasteiger partial charge >= 0.3 is 0 Å². The fourth-order valence-electron chi connectivity index (χ4n) is 4.14. The van der Waals surface area contributed by atoms with Gasteiger partial charge in [0.2, 0.25) is 15.9 Å². The Bertz CT molecular complexity index is 1250. The molecule has 0 saturated carbocycles. The number of hydrogen-bond acceptors (Lipinski definition) is 4. The molecule has 0 unspecified atom stereocenters. The molecular weight excluding hydrogens is 460 g/mol. The number of nitrogens with one attached hydrogen (secondary N) is 1. The van der Waals surface area contributed by atoms with Crippen LogP contribution < -0.4 is 5.32 Å². The van der Waals surface area contributed by atoms with Crippen molar-refractivity contribution in [3.8, 4) is 0 Å². The van der Waals surface area contributed by atoms with Gasteiger partial charge < -0.3 is 5.32 Å². The first-order valence-corrected chi connectivity index (χ1v) is 12.7. The van der Waals surface area contributed by atoms with Crippen LogP contribution in [-0.2, 0) is 21.4 Å². The first kappa shape index (κ1) is 23.5. The van der Waals surface area contributed by atoms with Crippen LogP contribution in [-0.4, -0.2) is 41.5 Å². The summed E-state index contributed by atoms with van der Waals surface area (Å²) in [5, 5.41) is 7.93. The fourth-order valence-corrected chi connectivity index (χ4v) is 5.94. The number of nitrogens with zero attached hydrogens (tertiary/aromatic N) is 3. The quantitative estimate of drug-likeness (QED) is 0.564. The summed E-state index contributed by atoms with van der Waals surface area (Å²) in [6.45, 7) is 4.89. The number of carbonyl (C=O) groups is 1. The maximum Gasteiger partial charge on any atom is 0.243 e. The molecule has 7 nitrogen and oxygen atoms in total. The number of anilines is 1. The van der Waals surface area contributed by atoms with Crippen LogP contribution in [0, 0.1) is 19.8 Å². The number of aryl methyl sites for hydroxylation is 2. The van der Waals surface area contributed by atoms with E-state index in [1.165, 1.54) is 4.31 Å². The van der Waals surface area contributed by atoms with Crippen LogP contribution in [0.25, 0.3) is 0 Å². The summed E-state index contributed by atoms with van der Waals surface area (Å²) in [7, 11) is -3.57. The van der Waals surface area contributed by atoms with Crippen molar-refractivity contribution >= 4 is 33.3 Å². The SMILES string of the molecule is Cc1ccc(S(=O)(=O)N2CCC(C(=O)Nc3ccnn3Cc3ccc(Cl)cc3)CC2)c(C)c1. The van der Waals surface area contributed by atoms with Crippen molar-refractivity contribution in [3.05, 3.63) is 76.4 Å². The molecular formula is C24H27ClN4O3S. The maximum atomic E-state index is 13.1. The van der Waals surface area contributed by atoms with E-state index in [-0.39, 0.29) is 11.8 Å². The van der Waals surface area contributed by atoms with Crippen LogP contribution in [0.5, 0.6) is 0 Å². The smallest absolute Gasteiger partial charge is 0.243 e. The van der Waals surface area contributed by atoms with Crippen molar-refractivity contribution in [2.75, 3.05) is 18.4 Å². The molecule has 9 heteroatoms. The average molecular weight is 487 g/mol. The van der Waals surface area contributed by atoms with Crippen molar-refractivity contribution < 1.29 is 13.2 Å². The van der Waals surface area contributed by atoms with Gasteiger partial charge in [0.05, 0.1) is 17.6 Å². The minimum atomic E-state index is -3.57. The fraction of sp³-hybridized carbons (Fsp3) is 0.333. The lowest BCUT2D eigenvalue weighted by Crippen LogP contribution is -2.41. The van der Waals surface area contributed by atoms with Crippen molar-refractivity contribution in [2.45, 2.75) is 38.1 Å². The number of amides is 1. The molecule has 33 heavy (non-hydrogen) atoms. The zero-order chi connectivity index (χ0) is 23.6. The summed E-state index contributed by atoms with van der Waals surface area (Å²) < 4.78 is 29.4. The van der Waals surface area contributed by atoms with Crippen molar-refractivity contribution in [2.24, 2.45) is 5.92 Å². The normalized spacial score (nSPS) is 15.5. The third kappa shape index (κ3) is 5.29. The van der Waals surface area contributed by atoms with Crippen molar-refractivity contribution in [1.29, 1.82) is 0 Å². The van der Waals surface area contributed by atoms with E-state index in [1.54, 1.807) is 23.0 Å². The highest BCUT2D eigenvalue weighted by Crippen LogP contribution is 2.27. The molecule has 1 aliphatic heterocycles. The Morgan fingerprint density at radius 3 is 2.45 bits per heavy atom. The van der Waals surface area contributed by atoms with Crippen LogP contribution in [0.3, 0.4) is 0 Å². The van der Waals surface area contributed by atoms with Crippen LogP contribution in [0.1, 0.15) is 29.5 Å². The Morgan fingerprint density at radius 1 is 1.09 bits per heavy atom. The van der Waals surface area contributed by atoms with Crippen molar-refractivity contribution in [3.63, 3.8) is 0 Å². The van der Waals surface area contributed by atoms with Crippen LogP contribution in [0.15, 0.2) is 59.6 Å². The second-order valence-electron chi connectivity index (χ2n) is 8.44. The number of benzene rings is 2. The molecule has 174 valence electrons. The van der Waals surface area contributed by atoms with Crippen molar-refractivity contribution in [1.82, 2.24) is 14.1 Å². The minimum absolute atomic E-state index is 0.114. The summed E-state index contributed by atoms with van der Waals surface area (Å²) in [6, 6.07) is 14.6. The van der Waals surface area contributed by atoms with E-state index in [0.29, 0.717) is 48.2 Å². The number of sulfonamides is 1. The highest BCUT2D eigenvalue weighted by Gasteiger charge is 2.33. The van der Waals surface area contributed by atoms with E-state index in [1.807, 2.05) is 50.2 Å². The molecule has 0 spiro atoms. The van der Waals surface area contributed by atoms with Gasteiger partial charge in [0.1, 0.15) is 5.82 Å². The number of rotatable bonds is 6. The molecule has 4 rings (SSSR count). The van der Waals surface area contributed by atoms with Crippen LogP contribution in [0.2, 0.25) is 5.02 Å². The predicted octanol–water partition coefficient (Wildman–Crippen LogP) is 4.24. The van der Waals surface area contributed by atoms with Gasteiger partial charge in [0.15, 0.2) is 0 Å². The second-order valence-corrected chi connectivity index (χ2v) is 10.8. The number of piperidine rings is 1. The lowest BCUT2D eigenvalue weighted by Gasteiger charge is -2.31. The highest BCUT2D eigenvalue weighted by molar-refractivity contribution is 7.89. The monoisotopic (exact) mass is 486 g/mol. The molecule has 1 aromatic heterocycles. The molecule has 1 amide bonds. The summed E-state index contributed by atoms with van der Waals surface area (Å²) in [4.78, 5) is 13.2.